The summed E-state index contributed by atoms with van der Waals surface area (Å²) in [6.07, 6.45) is 4.07. The zero-order valence-electron chi connectivity index (χ0n) is 16.0. The molecule has 2 amide bonds. The fraction of sp³-hybridized carbons (Fsp3) is 0.450. The summed E-state index contributed by atoms with van der Waals surface area (Å²) in [5, 5.41) is 5.96. The number of rotatable bonds is 6. The lowest BCUT2D eigenvalue weighted by Gasteiger charge is -2.23. The van der Waals surface area contributed by atoms with Gasteiger partial charge < -0.3 is 15.1 Å². The molecule has 3 rings (SSSR count). The Kier molecular flexibility index (Phi) is 5.91. The van der Waals surface area contributed by atoms with Gasteiger partial charge in [0.25, 0.3) is 5.91 Å². The second kappa shape index (κ2) is 8.35. The van der Waals surface area contributed by atoms with Crippen molar-refractivity contribution in [3.05, 3.63) is 53.2 Å². The number of likely N-dealkylation sites (tertiary alicyclic amines) is 1. The maximum absolute atomic E-state index is 12.6. The Labute approximate surface area is 159 Å². The SMILES string of the molecule is CCNC(=O)[C@@H]1C[C@@H](NC(=O)c2cc(C)oc2C)CN1Cc1ccncc1. The number of carbonyl (C=O) groups is 2. The highest BCUT2D eigenvalue weighted by atomic mass is 16.3. The van der Waals surface area contributed by atoms with Crippen LogP contribution in [0.1, 0.15) is 40.8 Å². The molecule has 1 aliphatic rings. The quantitative estimate of drug-likeness (QED) is 0.810. The topological polar surface area (TPSA) is 87.5 Å². The van der Waals surface area contributed by atoms with Crippen molar-refractivity contribution in [3.8, 4) is 0 Å². The molecule has 0 unspecified atom stereocenters. The molecular weight excluding hydrogens is 344 g/mol. The van der Waals surface area contributed by atoms with Crippen molar-refractivity contribution in [2.45, 2.75) is 45.8 Å². The van der Waals surface area contributed by atoms with Crippen molar-refractivity contribution < 1.29 is 14.0 Å². The summed E-state index contributed by atoms with van der Waals surface area (Å²) in [5.74, 6) is 1.16. The summed E-state index contributed by atoms with van der Waals surface area (Å²) in [6.45, 7) is 7.35. The Balaban J connectivity index is 1.71. The number of amides is 2. The summed E-state index contributed by atoms with van der Waals surface area (Å²) in [4.78, 5) is 31.3. The van der Waals surface area contributed by atoms with Gasteiger partial charge >= 0.3 is 0 Å². The largest absolute Gasteiger partial charge is 0.466 e. The molecule has 0 radical (unpaired) electrons. The molecule has 27 heavy (non-hydrogen) atoms. The minimum Gasteiger partial charge on any atom is -0.466 e. The van der Waals surface area contributed by atoms with Gasteiger partial charge in [0.1, 0.15) is 11.5 Å². The molecule has 0 saturated carbocycles. The Morgan fingerprint density at radius 1 is 1.30 bits per heavy atom. The van der Waals surface area contributed by atoms with Gasteiger partial charge in [0, 0.05) is 38.1 Å². The van der Waals surface area contributed by atoms with Gasteiger partial charge in [0.2, 0.25) is 5.91 Å². The highest BCUT2D eigenvalue weighted by Crippen LogP contribution is 2.22. The van der Waals surface area contributed by atoms with Crippen LogP contribution in [-0.2, 0) is 11.3 Å². The molecule has 2 atom stereocenters. The minimum absolute atomic E-state index is 0.00126. The molecule has 1 fully saturated rings. The van der Waals surface area contributed by atoms with E-state index in [2.05, 4.69) is 20.5 Å². The Hall–Kier alpha value is -2.67. The van der Waals surface area contributed by atoms with E-state index in [1.807, 2.05) is 26.0 Å². The first-order valence-electron chi connectivity index (χ1n) is 9.26. The number of pyridine rings is 1. The molecule has 1 saturated heterocycles. The van der Waals surface area contributed by atoms with Crippen molar-refractivity contribution in [2.24, 2.45) is 0 Å². The Morgan fingerprint density at radius 2 is 2.04 bits per heavy atom. The molecule has 0 aromatic carbocycles. The number of carbonyl (C=O) groups excluding carboxylic acids is 2. The predicted octanol–water partition coefficient (Wildman–Crippen LogP) is 1.80. The molecule has 3 heterocycles. The number of nitrogens with one attached hydrogen (secondary N) is 2. The van der Waals surface area contributed by atoms with Crippen LogP contribution in [0.2, 0.25) is 0 Å². The smallest absolute Gasteiger partial charge is 0.255 e. The van der Waals surface area contributed by atoms with Gasteiger partial charge in [0.15, 0.2) is 0 Å². The molecule has 2 aromatic rings. The van der Waals surface area contributed by atoms with Gasteiger partial charge in [-0.15, -0.1) is 0 Å². The normalized spacial score (nSPS) is 19.8. The lowest BCUT2D eigenvalue weighted by molar-refractivity contribution is -0.125. The van der Waals surface area contributed by atoms with Crippen LogP contribution in [0.4, 0.5) is 0 Å². The zero-order chi connectivity index (χ0) is 19.4. The fourth-order valence-corrected chi connectivity index (χ4v) is 3.59. The summed E-state index contributed by atoms with van der Waals surface area (Å²) in [6, 6.07) is 5.27. The molecule has 7 nitrogen and oxygen atoms in total. The van der Waals surface area contributed by atoms with Gasteiger partial charge in [-0.2, -0.15) is 0 Å². The third kappa shape index (κ3) is 4.54. The minimum atomic E-state index is -0.268. The van der Waals surface area contributed by atoms with Crippen LogP contribution in [0.15, 0.2) is 35.0 Å². The van der Waals surface area contributed by atoms with Gasteiger partial charge in [0.05, 0.1) is 11.6 Å². The van der Waals surface area contributed by atoms with Crippen LogP contribution in [0.3, 0.4) is 0 Å². The van der Waals surface area contributed by atoms with Crippen molar-refractivity contribution in [2.75, 3.05) is 13.1 Å². The van der Waals surface area contributed by atoms with E-state index in [9.17, 15) is 9.59 Å². The van der Waals surface area contributed by atoms with Gasteiger partial charge in [-0.1, -0.05) is 0 Å². The highest BCUT2D eigenvalue weighted by molar-refractivity contribution is 5.95. The molecular formula is C20H26N4O3. The second-order valence-electron chi connectivity index (χ2n) is 6.93. The number of hydrogen-bond donors (Lipinski definition) is 2. The van der Waals surface area contributed by atoms with E-state index >= 15 is 0 Å². The number of aromatic nitrogens is 1. The van der Waals surface area contributed by atoms with Gasteiger partial charge in [-0.3, -0.25) is 19.5 Å². The first-order chi connectivity index (χ1) is 13.0. The lowest BCUT2D eigenvalue weighted by Crippen LogP contribution is -2.42. The molecule has 144 valence electrons. The number of furan rings is 1. The summed E-state index contributed by atoms with van der Waals surface area (Å²) >= 11 is 0. The van der Waals surface area contributed by atoms with E-state index in [4.69, 9.17) is 4.42 Å². The van der Waals surface area contributed by atoms with Crippen molar-refractivity contribution in [1.29, 1.82) is 0 Å². The van der Waals surface area contributed by atoms with E-state index < -0.39 is 0 Å². The van der Waals surface area contributed by atoms with Crippen molar-refractivity contribution in [1.82, 2.24) is 20.5 Å². The first-order valence-corrected chi connectivity index (χ1v) is 9.26. The third-order valence-electron chi connectivity index (χ3n) is 4.81. The Bertz CT molecular complexity index is 803. The van der Waals surface area contributed by atoms with E-state index in [-0.39, 0.29) is 23.9 Å². The highest BCUT2D eigenvalue weighted by Gasteiger charge is 2.37. The zero-order valence-corrected chi connectivity index (χ0v) is 16.0. The van der Waals surface area contributed by atoms with E-state index in [0.717, 1.165) is 5.56 Å². The molecule has 7 heteroatoms. The summed E-state index contributed by atoms with van der Waals surface area (Å²) in [7, 11) is 0. The number of nitrogens with zero attached hydrogens (tertiary/aromatic N) is 2. The van der Waals surface area contributed by atoms with E-state index in [1.165, 1.54) is 0 Å². The van der Waals surface area contributed by atoms with Crippen LogP contribution < -0.4 is 10.6 Å². The maximum Gasteiger partial charge on any atom is 0.255 e. The molecule has 2 N–H and O–H groups in total. The summed E-state index contributed by atoms with van der Waals surface area (Å²) < 4.78 is 5.45. The third-order valence-corrected chi connectivity index (χ3v) is 4.81. The van der Waals surface area contributed by atoms with E-state index in [1.54, 1.807) is 25.4 Å². The fourth-order valence-electron chi connectivity index (χ4n) is 3.59. The molecule has 2 aromatic heterocycles. The molecule has 0 bridgehead atoms. The standard InChI is InChI=1S/C20H26N4O3/c1-4-22-20(26)18-10-16(12-24(18)11-15-5-7-21-8-6-15)23-19(25)17-9-13(2)27-14(17)3/h5-9,16,18H,4,10-12H2,1-3H3,(H,22,26)(H,23,25)/t16-,18+/m1/s1. The number of hydrogen-bond acceptors (Lipinski definition) is 5. The molecule has 0 spiro atoms. The monoisotopic (exact) mass is 370 g/mol. The number of aryl methyl sites for hydroxylation is 2. The number of likely N-dealkylation sites (N-methyl/N-ethyl adjacent to an activating group) is 1. The van der Waals surface area contributed by atoms with Gasteiger partial charge in [-0.25, -0.2) is 0 Å². The van der Waals surface area contributed by atoms with Crippen LogP contribution >= 0.6 is 0 Å². The molecule has 1 aliphatic heterocycles. The molecule has 0 aliphatic carbocycles. The summed E-state index contributed by atoms with van der Waals surface area (Å²) in [5.41, 5.74) is 1.64. The van der Waals surface area contributed by atoms with Gasteiger partial charge in [-0.05, 0) is 51.0 Å². The average molecular weight is 370 g/mol. The van der Waals surface area contributed by atoms with Crippen LogP contribution in [0, 0.1) is 13.8 Å². The van der Waals surface area contributed by atoms with Crippen LogP contribution in [0.5, 0.6) is 0 Å². The second-order valence-corrected chi connectivity index (χ2v) is 6.93. The van der Waals surface area contributed by atoms with Crippen LogP contribution in [-0.4, -0.2) is 46.9 Å². The van der Waals surface area contributed by atoms with E-state index in [0.29, 0.717) is 43.1 Å². The Morgan fingerprint density at radius 3 is 2.67 bits per heavy atom. The van der Waals surface area contributed by atoms with Crippen molar-refractivity contribution >= 4 is 11.8 Å². The first kappa shape index (κ1) is 19.1. The maximum atomic E-state index is 12.6. The van der Waals surface area contributed by atoms with Crippen molar-refractivity contribution in [3.63, 3.8) is 0 Å². The average Bonchev–Trinajstić information content (AvgIpc) is 3.18. The predicted molar refractivity (Wildman–Crippen MR) is 101 cm³/mol. The van der Waals surface area contributed by atoms with Crippen LogP contribution in [0.25, 0.3) is 0 Å². The lowest BCUT2D eigenvalue weighted by atomic mass is 10.1.